The summed E-state index contributed by atoms with van der Waals surface area (Å²) in [6.45, 7) is 2.03. The van der Waals surface area contributed by atoms with E-state index in [0.29, 0.717) is 18.1 Å². The number of terminal acetylenes is 1. The molecule has 1 heterocycles. The van der Waals surface area contributed by atoms with Gasteiger partial charge in [-0.25, -0.2) is 0 Å². The number of hydrogen-bond donors (Lipinski definition) is 1. The Balaban J connectivity index is 2.00. The van der Waals surface area contributed by atoms with Gasteiger partial charge in [-0.3, -0.25) is 4.79 Å². The molecule has 0 unspecified atom stereocenters. The molecule has 0 aliphatic carbocycles. The minimum atomic E-state index is 0.372. The van der Waals surface area contributed by atoms with Crippen molar-refractivity contribution >= 4 is 5.78 Å². The molecule has 0 aromatic heterocycles. The zero-order valence-corrected chi connectivity index (χ0v) is 7.31. The molecule has 0 aromatic rings. The molecule has 0 amide bonds. The van der Waals surface area contributed by atoms with Crippen LogP contribution in [-0.4, -0.2) is 18.9 Å². The monoisotopic (exact) mass is 165 g/mol. The lowest BCUT2D eigenvalue weighted by molar-refractivity contribution is -0.120. The van der Waals surface area contributed by atoms with Gasteiger partial charge in [0.1, 0.15) is 5.78 Å². The maximum absolute atomic E-state index is 11.2. The minimum absolute atomic E-state index is 0.372. The number of unbranched alkanes of at least 4 members (excludes halogenated alkanes) is 1. The van der Waals surface area contributed by atoms with Crippen molar-refractivity contribution in [2.24, 2.45) is 5.92 Å². The molecule has 2 nitrogen and oxygen atoms in total. The van der Waals surface area contributed by atoms with E-state index < -0.39 is 0 Å². The molecular weight excluding hydrogens is 150 g/mol. The van der Waals surface area contributed by atoms with Crippen molar-refractivity contribution < 1.29 is 4.79 Å². The third kappa shape index (κ3) is 3.06. The molecule has 1 saturated heterocycles. The van der Waals surface area contributed by atoms with Crippen LogP contribution in [0.4, 0.5) is 0 Å². The van der Waals surface area contributed by atoms with Crippen LogP contribution < -0.4 is 5.32 Å². The SMILES string of the molecule is C#CCCCC(=O)CC1CNC1. The van der Waals surface area contributed by atoms with Crippen molar-refractivity contribution in [2.75, 3.05) is 13.1 Å². The van der Waals surface area contributed by atoms with Gasteiger partial charge in [0.15, 0.2) is 0 Å². The van der Waals surface area contributed by atoms with E-state index in [1.807, 2.05) is 0 Å². The van der Waals surface area contributed by atoms with Crippen LogP contribution in [-0.2, 0) is 4.79 Å². The first-order valence-electron chi connectivity index (χ1n) is 4.49. The van der Waals surface area contributed by atoms with Crippen molar-refractivity contribution in [1.82, 2.24) is 5.32 Å². The third-order valence-corrected chi connectivity index (χ3v) is 2.16. The molecule has 1 rings (SSSR count). The van der Waals surface area contributed by atoms with Crippen LogP contribution in [0.15, 0.2) is 0 Å². The van der Waals surface area contributed by atoms with E-state index in [1.165, 1.54) is 0 Å². The van der Waals surface area contributed by atoms with E-state index in [1.54, 1.807) is 0 Å². The Kier molecular flexibility index (Phi) is 3.83. The van der Waals surface area contributed by atoms with Gasteiger partial charge in [0.25, 0.3) is 0 Å². The number of ketones is 1. The fraction of sp³-hybridized carbons (Fsp3) is 0.700. The zero-order valence-electron chi connectivity index (χ0n) is 7.31. The summed E-state index contributed by atoms with van der Waals surface area (Å²) in [5.41, 5.74) is 0. The first-order chi connectivity index (χ1) is 5.83. The van der Waals surface area contributed by atoms with Gasteiger partial charge in [-0.1, -0.05) is 0 Å². The van der Waals surface area contributed by atoms with Gasteiger partial charge in [0, 0.05) is 19.3 Å². The predicted octanol–water partition coefficient (Wildman–Crippen LogP) is 0.968. The standard InChI is InChI=1S/C10H15NO/c1-2-3-4-5-10(12)6-9-7-11-8-9/h1,9,11H,3-8H2. The minimum Gasteiger partial charge on any atom is -0.316 e. The van der Waals surface area contributed by atoms with Crippen LogP contribution in [0, 0.1) is 18.3 Å². The highest BCUT2D eigenvalue weighted by molar-refractivity contribution is 5.78. The second kappa shape index (κ2) is 4.95. The Hall–Kier alpha value is -0.810. The molecule has 1 N–H and O–H groups in total. The normalized spacial score (nSPS) is 16.6. The van der Waals surface area contributed by atoms with Crippen LogP contribution >= 0.6 is 0 Å². The first-order valence-corrected chi connectivity index (χ1v) is 4.49. The highest BCUT2D eigenvalue weighted by atomic mass is 16.1. The summed E-state index contributed by atoms with van der Waals surface area (Å²) in [4.78, 5) is 11.2. The lowest BCUT2D eigenvalue weighted by Crippen LogP contribution is -2.42. The van der Waals surface area contributed by atoms with Crippen molar-refractivity contribution in [3.8, 4) is 12.3 Å². The smallest absolute Gasteiger partial charge is 0.133 e. The quantitative estimate of drug-likeness (QED) is 0.486. The molecule has 66 valence electrons. The van der Waals surface area contributed by atoms with E-state index in [-0.39, 0.29) is 0 Å². The average Bonchev–Trinajstić information content (AvgIpc) is 1.98. The second-order valence-electron chi connectivity index (χ2n) is 3.32. The molecule has 0 spiro atoms. The van der Waals surface area contributed by atoms with E-state index in [2.05, 4.69) is 11.2 Å². The van der Waals surface area contributed by atoms with Crippen LogP contribution in [0.3, 0.4) is 0 Å². The molecule has 1 aliphatic rings. The van der Waals surface area contributed by atoms with Crippen molar-refractivity contribution in [3.05, 3.63) is 0 Å². The number of rotatable bonds is 5. The Morgan fingerprint density at radius 2 is 2.33 bits per heavy atom. The second-order valence-corrected chi connectivity index (χ2v) is 3.32. The molecule has 1 fully saturated rings. The number of Topliss-reactive ketones (excluding diaryl/α,β-unsaturated/α-hetero) is 1. The maximum atomic E-state index is 11.2. The van der Waals surface area contributed by atoms with Gasteiger partial charge >= 0.3 is 0 Å². The van der Waals surface area contributed by atoms with Crippen molar-refractivity contribution in [1.29, 1.82) is 0 Å². The maximum Gasteiger partial charge on any atom is 0.133 e. The molecule has 0 aromatic carbocycles. The lowest BCUT2D eigenvalue weighted by Gasteiger charge is -2.26. The topological polar surface area (TPSA) is 29.1 Å². The van der Waals surface area contributed by atoms with E-state index in [4.69, 9.17) is 6.42 Å². The van der Waals surface area contributed by atoms with Crippen molar-refractivity contribution in [2.45, 2.75) is 25.7 Å². The summed E-state index contributed by atoms with van der Waals surface area (Å²) in [5, 5.41) is 3.15. The van der Waals surface area contributed by atoms with E-state index in [9.17, 15) is 4.79 Å². The predicted molar refractivity (Wildman–Crippen MR) is 48.7 cm³/mol. The summed E-state index contributed by atoms with van der Waals surface area (Å²) >= 11 is 0. The first kappa shape index (κ1) is 9.28. The number of carbonyl (C=O) groups excluding carboxylic acids is 1. The summed E-state index contributed by atoms with van der Waals surface area (Å²) in [5.74, 6) is 3.51. The van der Waals surface area contributed by atoms with Crippen molar-refractivity contribution in [3.63, 3.8) is 0 Å². The number of carbonyl (C=O) groups is 1. The fourth-order valence-corrected chi connectivity index (χ4v) is 1.30. The molecule has 2 heteroatoms. The molecular formula is C10H15NO. The van der Waals surface area contributed by atoms with Gasteiger partial charge in [0.05, 0.1) is 0 Å². The molecule has 0 saturated carbocycles. The molecule has 0 atom stereocenters. The Bertz CT molecular complexity index is 189. The summed E-state index contributed by atoms with van der Waals surface area (Å²) in [6.07, 6.45) is 8.08. The van der Waals surface area contributed by atoms with Gasteiger partial charge < -0.3 is 5.32 Å². The molecule has 0 radical (unpaired) electrons. The molecule has 0 bridgehead atoms. The lowest BCUT2D eigenvalue weighted by atomic mass is 9.95. The summed E-state index contributed by atoms with van der Waals surface area (Å²) in [7, 11) is 0. The Labute approximate surface area is 73.7 Å². The van der Waals surface area contributed by atoms with Gasteiger partial charge in [-0.05, 0) is 25.4 Å². The highest BCUT2D eigenvalue weighted by Gasteiger charge is 2.19. The van der Waals surface area contributed by atoms with E-state index >= 15 is 0 Å². The average molecular weight is 165 g/mol. The van der Waals surface area contributed by atoms with E-state index in [0.717, 1.165) is 32.4 Å². The zero-order chi connectivity index (χ0) is 8.81. The van der Waals surface area contributed by atoms with Crippen LogP contribution in [0.25, 0.3) is 0 Å². The molecule has 12 heavy (non-hydrogen) atoms. The van der Waals surface area contributed by atoms with Gasteiger partial charge in [0.2, 0.25) is 0 Å². The fourth-order valence-electron chi connectivity index (χ4n) is 1.30. The van der Waals surface area contributed by atoms with Crippen LogP contribution in [0.1, 0.15) is 25.7 Å². The number of nitrogens with one attached hydrogen (secondary N) is 1. The number of hydrogen-bond acceptors (Lipinski definition) is 2. The summed E-state index contributed by atoms with van der Waals surface area (Å²) < 4.78 is 0. The third-order valence-electron chi connectivity index (χ3n) is 2.16. The highest BCUT2D eigenvalue weighted by Crippen LogP contribution is 2.11. The van der Waals surface area contributed by atoms with Crippen LogP contribution in [0.5, 0.6) is 0 Å². The Morgan fingerprint density at radius 3 is 2.83 bits per heavy atom. The van der Waals surface area contributed by atoms with Crippen LogP contribution in [0.2, 0.25) is 0 Å². The largest absolute Gasteiger partial charge is 0.316 e. The Morgan fingerprint density at radius 1 is 1.58 bits per heavy atom. The van der Waals surface area contributed by atoms with Gasteiger partial charge in [-0.2, -0.15) is 0 Å². The summed E-state index contributed by atoms with van der Waals surface area (Å²) in [6, 6.07) is 0. The van der Waals surface area contributed by atoms with Gasteiger partial charge in [-0.15, -0.1) is 12.3 Å². The molecule has 1 aliphatic heterocycles.